The van der Waals surface area contributed by atoms with E-state index in [0.717, 1.165) is 5.56 Å². The first kappa shape index (κ1) is 27.5. The van der Waals surface area contributed by atoms with Gasteiger partial charge in [-0.25, -0.2) is 0 Å². The van der Waals surface area contributed by atoms with Gasteiger partial charge in [-0.2, -0.15) is 4.80 Å². The smallest absolute Gasteiger partial charge is 0.251 e. The number of hydrogen-bond acceptors (Lipinski definition) is 6. The molecule has 0 bridgehead atoms. The predicted octanol–water partition coefficient (Wildman–Crippen LogP) is 5.09. The molecule has 2 amide bonds. The van der Waals surface area contributed by atoms with E-state index >= 15 is 0 Å². The number of halogens is 1. The molecule has 41 heavy (non-hydrogen) atoms. The summed E-state index contributed by atoms with van der Waals surface area (Å²) < 4.78 is 5.32. The molecule has 0 radical (unpaired) electrons. The lowest BCUT2D eigenvalue weighted by molar-refractivity contribution is -0.127. The van der Waals surface area contributed by atoms with Crippen molar-refractivity contribution in [1.82, 2.24) is 25.5 Å². The fourth-order valence-electron chi connectivity index (χ4n) is 4.33. The molecule has 1 atom stereocenters. The van der Waals surface area contributed by atoms with Gasteiger partial charge in [0.2, 0.25) is 11.7 Å². The third-order valence-corrected chi connectivity index (χ3v) is 6.63. The van der Waals surface area contributed by atoms with Gasteiger partial charge in [-0.1, -0.05) is 72.3 Å². The molecule has 0 aliphatic carbocycles. The number of anilines is 1. The summed E-state index contributed by atoms with van der Waals surface area (Å²) in [6.45, 7) is 0.0618. The fourth-order valence-corrected chi connectivity index (χ4v) is 4.46. The lowest BCUT2D eigenvalue weighted by atomic mass is 10.0. The molecule has 5 rings (SSSR count). The second-order valence-electron chi connectivity index (χ2n) is 9.13. The third-order valence-electron chi connectivity index (χ3n) is 6.38. The van der Waals surface area contributed by atoms with Gasteiger partial charge in [0, 0.05) is 22.8 Å². The lowest BCUT2D eigenvalue weighted by Gasteiger charge is -2.31. The van der Waals surface area contributed by atoms with Crippen LogP contribution in [0, 0.1) is 0 Å². The second-order valence-corrected chi connectivity index (χ2v) is 9.57. The minimum absolute atomic E-state index is 0.242. The molecule has 1 heterocycles. The molecule has 0 aliphatic heterocycles. The third kappa shape index (κ3) is 6.77. The van der Waals surface area contributed by atoms with Crippen LogP contribution in [0.5, 0.6) is 5.75 Å². The van der Waals surface area contributed by atoms with E-state index in [-0.39, 0.29) is 12.5 Å². The Morgan fingerprint density at radius 1 is 0.902 bits per heavy atom. The van der Waals surface area contributed by atoms with Gasteiger partial charge in [0.05, 0.1) is 7.11 Å². The van der Waals surface area contributed by atoms with Crippen LogP contribution in [0.25, 0.3) is 11.4 Å². The normalized spacial score (nSPS) is 11.5. The van der Waals surface area contributed by atoms with Crippen LogP contribution in [0.3, 0.4) is 0 Å². The second kappa shape index (κ2) is 12.9. The molecule has 9 nitrogen and oxygen atoms in total. The van der Waals surface area contributed by atoms with Crippen LogP contribution >= 0.6 is 11.6 Å². The van der Waals surface area contributed by atoms with Gasteiger partial charge < -0.3 is 10.1 Å². The van der Waals surface area contributed by atoms with Gasteiger partial charge in [-0.15, -0.1) is 10.2 Å². The summed E-state index contributed by atoms with van der Waals surface area (Å²) in [5.74, 6) is 0.251. The average Bonchev–Trinajstić information content (AvgIpc) is 3.48. The lowest BCUT2D eigenvalue weighted by Crippen LogP contribution is -2.45. The van der Waals surface area contributed by atoms with Gasteiger partial charge >= 0.3 is 0 Å². The number of carbonyl (C=O) groups is 2. The molecule has 10 heteroatoms. The van der Waals surface area contributed by atoms with Crippen molar-refractivity contribution in [3.63, 3.8) is 0 Å². The molecule has 5 aromatic rings. The van der Waals surface area contributed by atoms with Gasteiger partial charge in [0.1, 0.15) is 18.3 Å². The van der Waals surface area contributed by atoms with Gasteiger partial charge in [-0.3, -0.25) is 14.5 Å². The number of benzene rings is 4. The van der Waals surface area contributed by atoms with E-state index in [1.807, 2.05) is 48.5 Å². The first-order valence-electron chi connectivity index (χ1n) is 12.9. The summed E-state index contributed by atoms with van der Waals surface area (Å²) in [5, 5.41) is 16.2. The Labute approximate surface area is 242 Å². The summed E-state index contributed by atoms with van der Waals surface area (Å²) in [6, 6.07) is 31.7. The summed E-state index contributed by atoms with van der Waals surface area (Å²) in [4.78, 5) is 30.5. The van der Waals surface area contributed by atoms with Gasteiger partial charge in [-0.05, 0) is 64.9 Å². The van der Waals surface area contributed by atoms with E-state index in [1.54, 1.807) is 67.8 Å². The maximum atomic E-state index is 14.0. The highest BCUT2D eigenvalue weighted by Crippen LogP contribution is 2.30. The Morgan fingerprint density at radius 3 is 2.22 bits per heavy atom. The number of hydrogen-bond donors (Lipinski definition) is 1. The maximum Gasteiger partial charge on any atom is 0.251 e. The molecule has 206 valence electrons. The highest BCUT2D eigenvalue weighted by Gasteiger charge is 2.33. The number of carbonyl (C=O) groups excluding carboxylic acids is 2. The summed E-state index contributed by atoms with van der Waals surface area (Å²) >= 11 is 5.99. The van der Waals surface area contributed by atoms with Crippen molar-refractivity contribution in [1.29, 1.82) is 0 Å². The van der Waals surface area contributed by atoms with Crippen molar-refractivity contribution in [2.45, 2.75) is 19.1 Å². The summed E-state index contributed by atoms with van der Waals surface area (Å²) in [5.41, 5.74) is 2.81. The van der Waals surface area contributed by atoms with Crippen molar-refractivity contribution < 1.29 is 14.3 Å². The Hall–Kier alpha value is -5.02. The van der Waals surface area contributed by atoms with E-state index in [1.165, 1.54) is 9.70 Å². The highest BCUT2D eigenvalue weighted by atomic mass is 35.5. The van der Waals surface area contributed by atoms with Crippen LogP contribution in [0.15, 0.2) is 109 Å². The number of para-hydroxylation sites is 1. The molecule has 1 N–H and O–H groups in total. The monoisotopic (exact) mass is 566 g/mol. The predicted molar refractivity (Wildman–Crippen MR) is 156 cm³/mol. The Kier molecular flexibility index (Phi) is 8.66. The standard InChI is InChI=1S/C31H27ClN6O3/c1-41-27-18-14-23(15-19-27)29(31(40)33-20-22-8-4-2-5-9-22)38(26-10-6-3-7-11-26)28(39)21-37-35-30(34-36-37)24-12-16-25(32)17-13-24/h2-19,29H,20-21H2,1H3,(H,33,40)/t29-/m0/s1. The van der Waals surface area contributed by atoms with Crippen molar-refractivity contribution in [2.75, 3.05) is 12.0 Å². The fraction of sp³-hybridized carbons (Fsp3) is 0.129. The van der Waals surface area contributed by atoms with Crippen LogP contribution < -0.4 is 15.0 Å². The number of tetrazole rings is 1. The minimum atomic E-state index is -0.987. The Bertz CT molecular complexity index is 1590. The zero-order valence-electron chi connectivity index (χ0n) is 22.2. The van der Waals surface area contributed by atoms with Crippen molar-refractivity contribution in [3.8, 4) is 17.1 Å². The average molecular weight is 567 g/mol. The molecule has 0 aliphatic rings. The maximum absolute atomic E-state index is 14.0. The van der Waals surface area contributed by atoms with Crippen LogP contribution in [0.2, 0.25) is 5.02 Å². The van der Waals surface area contributed by atoms with E-state index in [9.17, 15) is 9.59 Å². The van der Waals surface area contributed by atoms with E-state index in [4.69, 9.17) is 16.3 Å². The zero-order valence-corrected chi connectivity index (χ0v) is 23.0. The van der Waals surface area contributed by atoms with Crippen LogP contribution in [-0.2, 0) is 22.7 Å². The number of aromatic nitrogens is 4. The molecule has 0 unspecified atom stereocenters. The van der Waals surface area contributed by atoms with Crippen LogP contribution in [0.4, 0.5) is 5.69 Å². The number of ether oxygens (including phenoxy) is 1. The Morgan fingerprint density at radius 2 is 1.56 bits per heavy atom. The number of rotatable bonds is 10. The first-order valence-corrected chi connectivity index (χ1v) is 13.3. The number of amides is 2. The molecule has 0 fully saturated rings. The molecule has 0 saturated carbocycles. The molecule has 0 saturated heterocycles. The number of nitrogens with zero attached hydrogens (tertiary/aromatic N) is 5. The van der Waals surface area contributed by atoms with E-state index < -0.39 is 11.9 Å². The van der Waals surface area contributed by atoms with Crippen LogP contribution in [-0.4, -0.2) is 39.1 Å². The molecule has 4 aromatic carbocycles. The Balaban J connectivity index is 1.48. The molecule has 1 aromatic heterocycles. The SMILES string of the molecule is COc1ccc([C@@H](C(=O)NCc2ccccc2)N(C(=O)Cn2nnc(-c3ccc(Cl)cc3)n2)c2ccccc2)cc1. The molecular formula is C31H27ClN6O3. The minimum Gasteiger partial charge on any atom is -0.497 e. The molecule has 0 spiro atoms. The summed E-state index contributed by atoms with van der Waals surface area (Å²) in [7, 11) is 1.57. The van der Waals surface area contributed by atoms with Crippen molar-refractivity contribution >= 4 is 29.1 Å². The van der Waals surface area contributed by atoms with Crippen molar-refractivity contribution in [3.05, 3.63) is 125 Å². The van der Waals surface area contributed by atoms with Crippen LogP contribution in [0.1, 0.15) is 17.2 Å². The topological polar surface area (TPSA) is 102 Å². The largest absolute Gasteiger partial charge is 0.497 e. The highest BCUT2D eigenvalue weighted by molar-refractivity contribution is 6.30. The number of nitrogens with one attached hydrogen (secondary N) is 1. The van der Waals surface area contributed by atoms with Gasteiger partial charge in [0.25, 0.3) is 5.91 Å². The quantitative estimate of drug-likeness (QED) is 0.252. The zero-order chi connectivity index (χ0) is 28.6. The van der Waals surface area contributed by atoms with Crippen molar-refractivity contribution in [2.24, 2.45) is 0 Å². The first-order chi connectivity index (χ1) is 20.0. The summed E-state index contributed by atoms with van der Waals surface area (Å²) in [6.07, 6.45) is 0. The molecular weight excluding hydrogens is 540 g/mol. The number of methoxy groups -OCH3 is 1. The van der Waals surface area contributed by atoms with E-state index in [0.29, 0.717) is 40.0 Å². The van der Waals surface area contributed by atoms with Gasteiger partial charge in [0.15, 0.2) is 0 Å². The van der Waals surface area contributed by atoms with E-state index in [2.05, 4.69) is 20.7 Å².